The number of rotatable bonds is 8. The van der Waals surface area contributed by atoms with Crippen LogP contribution in [0.4, 0.5) is 10.1 Å². The molecule has 0 saturated carbocycles. The Kier molecular flexibility index (Phi) is 6.86. The number of esters is 1. The first-order valence-electron chi connectivity index (χ1n) is 10.7. The molecule has 0 atom stereocenters. The molecule has 35 heavy (non-hydrogen) atoms. The van der Waals surface area contributed by atoms with E-state index in [0.717, 1.165) is 28.3 Å². The van der Waals surface area contributed by atoms with E-state index in [1.54, 1.807) is 7.11 Å². The predicted molar refractivity (Wildman–Crippen MR) is 124 cm³/mol. The van der Waals surface area contributed by atoms with Gasteiger partial charge in [0.05, 0.1) is 29.5 Å². The fourth-order valence-corrected chi connectivity index (χ4v) is 3.60. The van der Waals surface area contributed by atoms with Crippen molar-refractivity contribution in [2.24, 2.45) is 0 Å². The summed E-state index contributed by atoms with van der Waals surface area (Å²) in [6.45, 7) is -0.134. The summed E-state index contributed by atoms with van der Waals surface area (Å²) in [7, 11) is 1.58. The number of ether oxygens (including phenoxy) is 2. The van der Waals surface area contributed by atoms with Crippen LogP contribution in [0.1, 0.15) is 36.6 Å². The smallest absolute Gasteiger partial charge is 0.338 e. The number of fused-ring (bicyclic) bond motifs is 1. The van der Waals surface area contributed by atoms with Crippen molar-refractivity contribution in [2.75, 3.05) is 25.2 Å². The van der Waals surface area contributed by atoms with Crippen molar-refractivity contribution < 1.29 is 33.0 Å². The molecular weight excluding hydrogens is 455 g/mol. The normalized spacial score (nSPS) is 12.3. The molecule has 3 aromatic carbocycles. The molecule has 0 bridgehead atoms. The lowest BCUT2D eigenvalue weighted by Crippen LogP contribution is -2.30. The number of methoxy groups -OCH3 is 1. The van der Waals surface area contributed by atoms with Crippen molar-refractivity contribution in [3.8, 4) is 5.75 Å². The molecule has 1 heterocycles. The Balaban J connectivity index is 1.32. The highest BCUT2D eigenvalue weighted by Crippen LogP contribution is 2.29. The predicted octanol–water partition coefficient (Wildman–Crippen LogP) is 3.15. The summed E-state index contributed by atoms with van der Waals surface area (Å²) in [6.07, 6.45) is 0.592. The zero-order valence-electron chi connectivity index (χ0n) is 18.7. The van der Waals surface area contributed by atoms with Crippen LogP contribution in [-0.4, -0.2) is 44.0 Å². The Bertz CT molecular complexity index is 1290. The van der Waals surface area contributed by atoms with Gasteiger partial charge in [0, 0.05) is 6.54 Å². The second-order valence-corrected chi connectivity index (χ2v) is 7.71. The molecule has 0 aliphatic carbocycles. The molecule has 0 spiro atoms. The molecule has 0 fully saturated rings. The van der Waals surface area contributed by atoms with E-state index in [1.807, 2.05) is 24.3 Å². The van der Waals surface area contributed by atoms with Gasteiger partial charge in [-0.25, -0.2) is 14.1 Å². The number of carbonyl (C=O) groups excluding carboxylic acids is 4. The van der Waals surface area contributed by atoms with Crippen molar-refractivity contribution in [2.45, 2.75) is 6.42 Å². The number of carbonyl (C=O) groups is 4. The molecule has 3 aromatic rings. The summed E-state index contributed by atoms with van der Waals surface area (Å²) >= 11 is 0. The minimum absolute atomic E-state index is 0.0249. The van der Waals surface area contributed by atoms with E-state index in [4.69, 9.17) is 9.47 Å². The Morgan fingerprint density at radius 3 is 2.29 bits per heavy atom. The highest BCUT2D eigenvalue weighted by molar-refractivity contribution is 6.34. The van der Waals surface area contributed by atoms with Crippen LogP contribution in [-0.2, 0) is 16.0 Å². The van der Waals surface area contributed by atoms with E-state index < -0.39 is 36.1 Å². The molecule has 4 rings (SSSR count). The minimum Gasteiger partial charge on any atom is -0.497 e. The third-order valence-corrected chi connectivity index (χ3v) is 5.44. The van der Waals surface area contributed by atoms with E-state index in [0.29, 0.717) is 13.0 Å². The van der Waals surface area contributed by atoms with E-state index >= 15 is 0 Å². The van der Waals surface area contributed by atoms with Crippen molar-refractivity contribution >= 4 is 29.4 Å². The number of amides is 3. The lowest BCUT2D eigenvalue weighted by Gasteiger charge is -2.13. The number of halogens is 1. The molecule has 3 amide bonds. The van der Waals surface area contributed by atoms with E-state index in [2.05, 4.69) is 5.32 Å². The third-order valence-electron chi connectivity index (χ3n) is 5.44. The first kappa shape index (κ1) is 23.6. The summed E-state index contributed by atoms with van der Waals surface area (Å²) < 4.78 is 23.4. The summed E-state index contributed by atoms with van der Waals surface area (Å²) in [5.41, 5.74) is 1.39. The van der Waals surface area contributed by atoms with Crippen LogP contribution in [0.2, 0.25) is 0 Å². The lowest BCUT2D eigenvalue weighted by molar-refractivity contribution is -0.124. The quantitative estimate of drug-likeness (QED) is 0.396. The van der Waals surface area contributed by atoms with E-state index in [1.165, 1.54) is 30.3 Å². The van der Waals surface area contributed by atoms with Gasteiger partial charge in [-0.2, -0.15) is 0 Å². The maximum Gasteiger partial charge on any atom is 0.338 e. The molecule has 0 radical (unpaired) electrons. The second-order valence-electron chi connectivity index (χ2n) is 7.71. The van der Waals surface area contributed by atoms with E-state index in [9.17, 15) is 23.6 Å². The largest absolute Gasteiger partial charge is 0.497 e. The molecule has 0 aromatic heterocycles. The first-order chi connectivity index (χ1) is 16.9. The monoisotopic (exact) mass is 476 g/mol. The molecule has 0 unspecified atom stereocenters. The third kappa shape index (κ3) is 5.19. The van der Waals surface area contributed by atoms with Gasteiger partial charge in [-0.3, -0.25) is 14.4 Å². The fourth-order valence-electron chi connectivity index (χ4n) is 3.60. The molecule has 9 heteroatoms. The molecule has 1 aliphatic rings. The Morgan fingerprint density at radius 2 is 1.60 bits per heavy atom. The lowest BCUT2D eigenvalue weighted by atomic mass is 10.1. The van der Waals surface area contributed by atoms with Crippen molar-refractivity contribution in [3.63, 3.8) is 0 Å². The summed E-state index contributed by atoms with van der Waals surface area (Å²) in [5, 5.41) is 2.67. The highest BCUT2D eigenvalue weighted by Gasteiger charge is 2.37. The maximum atomic E-state index is 13.2. The van der Waals surface area contributed by atoms with Crippen LogP contribution in [0.25, 0.3) is 0 Å². The van der Waals surface area contributed by atoms with Crippen molar-refractivity contribution in [3.05, 3.63) is 94.8 Å². The van der Waals surface area contributed by atoms with Gasteiger partial charge in [0.1, 0.15) is 11.6 Å². The number of benzene rings is 3. The van der Waals surface area contributed by atoms with Crippen molar-refractivity contribution in [1.29, 1.82) is 0 Å². The topological polar surface area (TPSA) is 102 Å². The van der Waals surface area contributed by atoms with Gasteiger partial charge >= 0.3 is 5.97 Å². The van der Waals surface area contributed by atoms with Gasteiger partial charge < -0.3 is 14.8 Å². The second kappa shape index (κ2) is 10.2. The Morgan fingerprint density at radius 1 is 0.914 bits per heavy atom. The number of nitrogens with zero attached hydrogens (tertiary/aromatic N) is 1. The molecule has 1 aliphatic heterocycles. The van der Waals surface area contributed by atoms with Crippen LogP contribution < -0.4 is 15.0 Å². The Labute approximate surface area is 200 Å². The number of imide groups is 1. The number of anilines is 1. The van der Waals surface area contributed by atoms with Crippen LogP contribution in [0.15, 0.2) is 66.7 Å². The SMILES string of the molecule is COc1ccc(CCNC(=O)COC(=O)c2ccc3c(c2)C(=O)N(c2ccc(F)cc2)C3=O)cc1. The zero-order valence-corrected chi connectivity index (χ0v) is 18.7. The van der Waals surface area contributed by atoms with Gasteiger partial charge in [0.15, 0.2) is 6.61 Å². The molecule has 178 valence electrons. The van der Waals surface area contributed by atoms with Gasteiger partial charge in [0.2, 0.25) is 0 Å². The molecule has 0 saturated heterocycles. The molecule has 1 N–H and O–H groups in total. The van der Waals surface area contributed by atoms with Crippen LogP contribution >= 0.6 is 0 Å². The summed E-state index contributed by atoms with van der Waals surface area (Å²) in [6, 6.07) is 16.3. The number of nitrogens with one attached hydrogen (secondary N) is 1. The summed E-state index contributed by atoms with van der Waals surface area (Å²) in [5.74, 6) is -2.25. The van der Waals surface area contributed by atoms with Gasteiger partial charge in [-0.1, -0.05) is 12.1 Å². The summed E-state index contributed by atoms with van der Waals surface area (Å²) in [4.78, 5) is 50.8. The highest BCUT2D eigenvalue weighted by atomic mass is 19.1. The average Bonchev–Trinajstić information content (AvgIpc) is 3.12. The fraction of sp³-hybridized carbons (Fsp3) is 0.154. The standard InChI is InChI=1S/C26H21FN2O6/c1-34-20-9-2-16(3-10-20)12-13-28-23(30)15-35-26(33)17-4-11-21-22(14-17)25(32)29(24(21)31)19-7-5-18(27)6-8-19/h2-11,14H,12-13,15H2,1H3,(H,28,30). The first-order valence-corrected chi connectivity index (χ1v) is 10.7. The minimum atomic E-state index is -0.807. The van der Waals surface area contributed by atoms with Crippen LogP contribution in [0.5, 0.6) is 5.75 Å². The average molecular weight is 476 g/mol. The maximum absolute atomic E-state index is 13.2. The van der Waals surface area contributed by atoms with Crippen LogP contribution in [0.3, 0.4) is 0 Å². The van der Waals surface area contributed by atoms with Gasteiger partial charge in [0.25, 0.3) is 17.7 Å². The number of hydrogen-bond donors (Lipinski definition) is 1. The molecule has 8 nitrogen and oxygen atoms in total. The van der Waals surface area contributed by atoms with E-state index in [-0.39, 0.29) is 22.4 Å². The zero-order chi connectivity index (χ0) is 24.9. The molecular formula is C26H21FN2O6. The van der Waals surface area contributed by atoms with Crippen molar-refractivity contribution in [1.82, 2.24) is 5.32 Å². The van der Waals surface area contributed by atoms with Gasteiger partial charge in [-0.15, -0.1) is 0 Å². The Hall–Kier alpha value is -4.53. The van der Waals surface area contributed by atoms with Gasteiger partial charge in [-0.05, 0) is 66.6 Å². The number of hydrogen-bond acceptors (Lipinski definition) is 6. The van der Waals surface area contributed by atoms with Crippen LogP contribution in [0, 0.1) is 5.82 Å².